The van der Waals surface area contributed by atoms with Gasteiger partial charge < -0.3 is 10.7 Å². The third-order valence-electron chi connectivity index (χ3n) is 4.01. The van der Waals surface area contributed by atoms with E-state index in [0.717, 1.165) is 12.1 Å². The number of para-hydroxylation sites is 1. The molecule has 0 unspecified atom stereocenters. The number of nitrogens with zero attached hydrogens (tertiary/aromatic N) is 2. The van der Waals surface area contributed by atoms with Gasteiger partial charge in [0.05, 0.1) is 16.6 Å². The molecule has 2 aromatic carbocycles. The maximum Gasteiger partial charge on any atom is 0.418 e. The molecule has 132 valence electrons. The van der Waals surface area contributed by atoms with Crippen molar-refractivity contribution in [1.82, 2.24) is 15.0 Å². The van der Waals surface area contributed by atoms with Crippen molar-refractivity contribution in [2.24, 2.45) is 0 Å². The van der Waals surface area contributed by atoms with E-state index in [1.807, 2.05) is 0 Å². The van der Waals surface area contributed by atoms with Crippen molar-refractivity contribution in [2.75, 3.05) is 5.73 Å². The van der Waals surface area contributed by atoms with E-state index in [1.54, 1.807) is 0 Å². The Balaban J connectivity index is 2.05. The molecule has 4 rings (SSSR count). The molecule has 0 aliphatic heterocycles. The number of hydrogen-bond donors (Lipinski definition) is 2. The van der Waals surface area contributed by atoms with Crippen LogP contribution in [0.15, 0.2) is 36.5 Å². The molecule has 0 aliphatic carbocycles. The van der Waals surface area contributed by atoms with Crippen molar-refractivity contribution in [3.8, 4) is 11.4 Å². The third kappa shape index (κ3) is 2.43. The minimum absolute atomic E-state index is 0.00669. The van der Waals surface area contributed by atoms with Crippen LogP contribution in [-0.2, 0) is 6.18 Å². The Bertz CT molecular complexity index is 1160. The minimum atomic E-state index is -4.64. The molecule has 0 spiro atoms. The van der Waals surface area contributed by atoms with Crippen LogP contribution in [0.25, 0.3) is 33.2 Å². The van der Waals surface area contributed by atoms with Crippen molar-refractivity contribution in [3.05, 3.63) is 53.7 Å². The highest BCUT2D eigenvalue weighted by Gasteiger charge is 2.33. The predicted octanol–water partition coefficient (Wildman–Crippen LogP) is 4.66. The van der Waals surface area contributed by atoms with Crippen LogP contribution >= 0.6 is 0 Å². The van der Waals surface area contributed by atoms with Crippen molar-refractivity contribution >= 4 is 27.6 Å². The second-order valence-electron chi connectivity index (χ2n) is 5.64. The van der Waals surface area contributed by atoms with Gasteiger partial charge in [0.15, 0.2) is 5.82 Å². The minimum Gasteiger partial charge on any atom is -0.383 e. The van der Waals surface area contributed by atoms with E-state index in [9.17, 15) is 22.0 Å². The number of benzene rings is 2. The number of halogens is 5. The normalized spacial score (nSPS) is 12.2. The Morgan fingerprint density at radius 1 is 1.00 bits per heavy atom. The number of H-pyrrole nitrogens is 1. The Kier molecular flexibility index (Phi) is 3.36. The van der Waals surface area contributed by atoms with E-state index in [0.29, 0.717) is 6.07 Å². The van der Waals surface area contributed by atoms with Gasteiger partial charge in [0, 0.05) is 28.6 Å². The van der Waals surface area contributed by atoms with Crippen LogP contribution in [0, 0.1) is 11.6 Å². The largest absolute Gasteiger partial charge is 0.418 e. The number of nitrogen functional groups attached to an aromatic ring is 1. The number of nitrogens with two attached hydrogens (primary N) is 1. The molecule has 0 saturated heterocycles. The lowest BCUT2D eigenvalue weighted by Crippen LogP contribution is -2.08. The lowest BCUT2D eigenvalue weighted by Gasteiger charge is -2.11. The quantitative estimate of drug-likeness (QED) is 0.483. The van der Waals surface area contributed by atoms with Gasteiger partial charge in [-0.2, -0.15) is 13.2 Å². The van der Waals surface area contributed by atoms with Gasteiger partial charge in [0.2, 0.25) is 0 Å². The van der Waals surface area contributed by atoms with Crippen LogP contribution in [0.3, 0.4) is 0 Å². The number of anilines is 1. The lowest BCUT2D eigenvalue weighted by molar-refractivity contribution is -0.136. The van der Waals surface area contributed by atoms with Crippen molar-refractivity contribution < 1.29 is 22.0 Å². The summed E-state index contributed by atoms with van der Waals surface area (Å²) in [6, 6.07) is 5.20. The number of aromatic nitrogens is 3. The van der Waals surface area contributed by atoms with Crippen LogP contribution in [0.2, 0.25) is 0 Å². The fraction of sp³-hybridized carbons (Fsp3) is 0.0588. The molecular weight excluding hydrogens is 355 g/mol. The number of rotatable bonds is 1. The van der Waals surface area contributed by atoms with E-state index in [4.69, 9.17) is 5.73 Å². The molecule has 0 amide bonds. The first-order valence-electron chi connectivity index (χ1n) is 7.35. The first-order valence-corrected chi connectivity index (χ1v) is 7.35. The van der Waals surface area contributed by atoms with Crippen molar-refractivity contribution in [3.63, 3.8) is 0 Å². The Labute approximate surface area is 142 Å². The van der Waals surface area contributed by atoms with Gasteiger partial charge in [-0.25, -0.2) is 18.7 Å². The maximum atomic E-state index is 13.8. The molecule has 0 fully saturated rings. The number of nitrogens with one attached hydrogen (secondary N) is 1. The average Bonchev–Trinajstić information content (AvgIpc) is 2.97. The summed E-state index contributed by atoms with van der Waals surface area (Å²) >= 11 is 0. The number of alkyl halides is 3. The predicted molar refractivity (Wildman–Crippen MR) is 86.2 cm³/mol. The highest BCUT2D eigenvalue weighted by molar-refractivity contribution is 5.97. The van der Waals surface area contributed by atoms with Gasteiger partial charge in [-0.1, -0.05) is 6.07 Å². The third-order valence-corrected chi connectivity index (χ3v) is 4.01. The molecule has 4 aromatic rings. The Morgan fingerprint density at radius 3 is 2.50 bits per heavy atom. The smallest absolute Gasteiger partial charge is 0.383 e. The van der Waals surface area contributed by atoms with Crippen molar-refractivity contribution in [1.29, 1.82) is 0 Å². The maximum absolute atomic E-state index is 13.8. The van der Waals surface area contributed by atoms with Crippen LogP contribution in [0.4, 0.5) is 27.8 Å². The summed E-state index contributed by atoms with van der Waals surface area (Å²) in [4.78, 5) is 10.6. The number of fused-ring (bicyclic) bond motifs is 2. The molecule has 0 radical (unpaired) electrons. The zero-order valence-corrected chi connectivity index (χ0v) is 12.8. The lowest BCUT2D eigenvalue weighted by atomic mass is 10.1. The molecule has 0 aliphatic rings. The highest BCUT2D eigenvalue weighted by atomic mass is 19.4. The van der Waals surface area contributed by atoms with Crippen LogP contribution < -0.4 is 5.73 Å². The standard InChI is InChI=1S/C17H9F5N4/c18-7-4-9-10(6-24-14(9)12(19)5-7)16-25-13-8(15(23)26-16)2-1-3-11(13)17(20,21)22/h1-6,24H,(H2,23,25,26). The summed E-state index contributed by atoms with van der Waals surface area (Å²) in [5.41, 5.74) is 4.59. The van der Waals surface area contributed by atoms with Gasteiger partial charge >= 0.3 is 6.18 Å². The van der Waals surface area contributed by atoms with Gasteiger partial charge in [-0.05, 0) is 18.2 Å². The summed E-state index contributed by atoms with van der Waals surface area (Å²) in [6.45, 7) is 0. The molecule has 4 nitrogen and oxygen atoms in total. The Hall–Kier alpha value is -3.23. The Morgan fingerprint density at radius 2 is 1.77 bits per heavy atom. The van der Waals surface area contributed by atoms with Crippen molar-refractivity contribution in [2.45, 2.75) is 6.18 Å². The fourth-order valence-corrected chi connectivity index (χ4v) is 2.86. The summed E-state index contributed by atoms with van der Waals surface area (Å²) in [5.74, 6) is -2.00. The summed E-state index contributed by atoms with van der Waals surface area (Å²) in [6.07, 6.45) is -3.35. The molecule has 2 aromatic heterocycles. The second-order valence-corrected chi connectivity index (χ2v) is 5.64. The summed E-state index contributed by atoms with van der Waals surface area (Å²) < 4.78 is 67.2. The molecule has 2 heterocycles. The number of hydrogen-bond acceptors (Lipinski definition) is 3. The molecule has 0 bridgehead atoms. The summed E-state index contributed by atoms with van der Waals surface area (Å²) in [7, 11) is 0. The second kappa shape index (κ2) is 5.38. The van der Waals surface area contributed by atoms with Gasteiger partial charge in [0.25, 0.3) is 0 Å². The number of aromatic amines is 1. The first-order chi connectivity index (χ1) is 12.3. The van der Waals surface area contributed by atoms with Crippen LogP contribution in [0.1, 0.15) is 5.56 Å². The molecule has 3 N–H and O–H groups in total. The van der Waals surface area contributed by atoms with Crippen LogP contribution in [0.5, 0.6) is 0 Å². The zero-order valence-electron chi connectivity index (χ0n) is 12.8. The van der Waals surface area contributed by atoms with E-state index in [2.05, 4.69) is 15.0 Å². The SMILES string of the molecule is Nc1nc(-c2c[nH]c3c(F)cc(F)cc23)nc2c(C(F)(F)F)cccc12. The average molecular weight is 364 g/mol. The monoisotopic (exact) mass is 364 g/mol. The highest BCUT2D eigenvalue weighted by Crippen LogP contribution is 2.37. The topological polar surface area (TPSA) is 67.6 Å². The molecule has 0 saturated carbocycles. The fourth-order valence-electron chi connectivity index (χ4n) is 2.86. The molecular formula is C17H9F5N4. The van der Waals surface area contributed by atoms with E-state index in [1.165, 1.54) is 18.3 Å². The zero-order chi connectivity index (χ0) is 18.6. The molecule has 0 atom stereocenters. The van der Waals surface area contributed by atoms with Gasteiger partial charge in [-0.3, -0.25) is 0 Å². The van der Waals surface area contributed by atoms with E-state index < -0.39 is 23.4 Å². The molecule has 9 heteroatoms. The van der Waals surface area contributed by atoms with Crippen LogP contribution in [-0.4, -0.2) is 15.0 Å². The van der Waals surface area contributed by atoms with E-state index in [-0.39, 0.29) is 39.0 Å². The first kappa shape index (κ1) is 16.2. The van der Waals surface area contributed by atoms with Gasteiger partial charge in [-0.15, -0.1) is 0 Å². The molecule has 26 heavy (non-hydrogen) atoms. The van der Waals surface area contributed by atoms with E-state index >= 15 is 0 Å². The summed E-state index contributed by atoms with van der Waals surface area (Å²) in [5, 5.41) is 0.145. The van der Waals surface area contributed by atoms with Gasteiger partial charge in [0.1, 0.15) is 17.5 Å².